The van der Waals surface area contributed by atoms with Gasteiger partial charge < -0.3 is 15.4 Å². The first-order chi connectivity index (χ1) is 12.7. The van der Waals surface area contributed by atoms with Gasteiger partial charge in [0.2, 0.25) is 5.95 Å². The Morgan fingerprint density at radius 2 is 2.04 bits per heavy atom. The first kappa shape index (κ1) is 16.3. The van der Waals surface area contributed by atoms with E-state index in [4.69, 9.17) is 4.74 Å². The Labute approximate surface area is 150 Å². The minimum absolute atomic E-state index is 0.199. The molecule has 7 heteroatoms. The summed E-state index contributed by atoms with van der Waals surface area (Å²) in [5.41, 5.74) is 2.21. The summed E-state index contributed by atoms with van der Waals surface area (Å²) in [6.45, 7) is 0. The van der Waals surface area contributed by atoms with E-state index in [9.17, 15) is 4.39 Å². The maximum atomic E-state index is 13.9. The molecule has 1 saturated carbocycles. The standard InChI is InChI=1S/C19H18FN5O/c1-26-17-7-6-14(9-15(17)20)22-18-10-16(12-3-2-8-21-11-12)24-19(25-18)23-13-4-5-13/h2-3,6-11,13H,4-5H2,1H3,(H2,22,23,24,25). The number of pyridine rings is 1. The summed E-state index contributed by atoms with van der Waals surface area (Å²) >= 11 is 0. The summed E-state index contributed by atoms with van der Waals surface area (Å²) in [6.07, 6.45) is 5.70. The molecule has 6 nitrogen and oxygen atoms in total. The van der Waals surface area contributed by atoms with Gasteiger partial charge in [-0.25, -0.2) is 9.37 Å². The molecule has 0 bridgehead atoms. The van der Waals surface area contributed by atoms with E-state index in [0.29, 0.717) is 23.5 Å². The number of aromatic nitrogens is 3. The van der Waals surface area contributed by atoms with Gasteiger partial charge in [0.15, 0.2) is 11.6 Å². The fourth-order valence-corrected chi connectivity index (χ4v) is 2.54. The predicted molar refractivity (Wildman–Crippen MR) is 98.1 cm³/mol. The minimum atomic E-state index is -0.435. The highest BCUT2D eigenvalue weighted by atomic mass is 19.1. The zero-order valence-corrected chi connectivity index (χ0v) is 14.2. The fourth-order valence-electron chi connectivity index (χ4n) is 2.54. The molecule has 1 aliphatic carbocycles. The molecule has 1 aliphatic rings. The third kappa shape index (κ3) is 3.72. The quantitative estimate of drug-likeness (QED) is 0.699. The lowest BCUT2D eigenvalue weighted by Gasteiger charge is -2.12. The monoisotopic (exact) mass is 351 g/mol. The maximum Gasteiger partial charge on any atom is 0.225 e. The molecule has 26 heavy (non-hydrogen) atoms. The Bertz CT molecular complexity index is 915. The largest absolute Gasteiger partial charge is 0.494 e. The van der Waals surface area contributed by atoms with Crippen molar-refractivity contribution in [2.75, 3.05) is 17.7 Å². The minimum Gasteiger partial charge on any atom is -0.494 e. The zero-order valence-electron chi connectivity index (χ0n) is 14.2. The Kier molecular flexibility index (Phi) is 4.35. The average molecular weight is 351 g/mol. The summed E-state index contributed by atoms with van der Waals surface area (Å²) in [5.74, 6) is 0.887. The highest BCUT2D eigenvalue weighted by molar-refractivity contribution is 5.67. The van der Waals surface area contributed by atoms with E-state index in [1.54, 1.807) is 24.5 Å². The molecule has 3 aromatic rings. The van der Waals surface area contributed by atoms with Gasteiger partial charge in [0.05, 0.1) is 12.8 Å². The van der Waals surface area contributed by atoms with Crippen LogP contribution in [0.1, 0.15) is 12.8 Å². The first-order valence-electron chi connectivity index (χ1n) is 8.38. The van der Waals surface area contributed by atoms with Gasteiger partial charge in [0.25, 0.3) is 0 Å². The zero-order chi connectivity index (χ0) is 17.9. The van der Waals surface area contributed by atoms with Crippen LogP contribution in [0.5, 0.6) is 5.75 Å². The third-order valence-corrected chi connectivity index (χ3v) is 4.02. The number of halogens is 1. The summed E-state index contributed by atoms with van der Waals surface area (Å²) < 4.78 is 18.9. The summed E-state index contributed by atoms with van der Waals surface area (Å²) in [4.78, 5) is 13.2. The van der Waals surface area contributed by atoms with Gasteiger partial charge in [0, 0.05) is 41.8 Å². The molecule has 0 amide bonds. The van der Waals surface area contributed by atoms with E-state index < -0.39 is 5.82 Å². The van der Waals surface area contributed by atoms with Crippen LogP contribution in [-0.2, 0) is 0 Å². The second-order valence-electron chi connectivity index (χ2n) is 6.10. The summed E-state index contributed by atoms with van der Waals surface area (Å²) in [6, 6.07) is 10.7. The molecule has 4 rings (SSSR count). The molecule has 2 aromatic heterocycles. The molecule has 2 heterocycles. The smallest absolute Gasteiger partial charge is 0.225 e. The Morgan fingerprint density at radius 1 is 1.15 bits per heavy atom. The van der Waals surface area contributed by atoms with Crippen LogP contribution in [0, 0.1) is 5.82 Å². The Hall–Kier alpha value is -3.22. The number of ether oxygens (including phenoxy) is 1. The number of benzene rings is 1. The molecular formula is C19H18FN5O. The van der Waals surface area contributed by atoms with Crippen LogP contribution >= 0.6 is 0 Å². The van der Waals surface area contributed by atoms with Crippen molar-refractivity contribution in [2.24, 2.45) is 0 Å². The van der Waals surface area contributed by atoms with Crippen molar-refractivity contribution in [3.05, 3.63) is 54.6 Å². The van der Waals surface area contributed by atoms with Crippen molar-refractivity contribution < 1.29 is 9.13 Å². The molecule has 1 aromatic carbocycles. The van der Waals surface area contributed by atoms with Crippen molar-refractivity contribution in [3.8, 4) is 17.0 Å². The van der Waals surface area contributed by atoms with Gasteiger partial charge >= 0.3 is 0 Å². The van der Waals surface area contributed by atoms with E-state index in [2.05, 4.69) is 25.6 Å². The molecule has 0 radical (unpaired) electrons. The van der Waals surface area contributed by atoms with Crippen LogP contribution in [0.3, 0.4) is 0 Å². The topological polar surface area (TPSA) is 72.0 Å². The van der Waals surface area contributed by atoms with Crippen molar-refractivity contribution in [1.82, 2.24) is 15.0 Å². The van der Waals surface area contributed by atoms with Gasteiger partial charge in [-0.15, -0.1) is 0 Å². The van der Waals surface area contributed by atoms with E-state index >= 15 is 0 Å². The first-order valence-corrected chi connectivity index (χ1v) is 8.38. The summed E-state index contributed by atoms with van der Waals surface area (Å²) in [5, 5.41) is 6.44. The normalized spacial score (nSPS) is 13.3. The molecule has 1 fully saturated rings. The molecule has 0 atom stereocenters. The van der Waals surface area contributed by atoms with Crippen LogP contribution in [0.4, 0.5) is 21.8 Å². The van der Waals surface area contributed by atoms with E-state index in [0.717, 1.165) is 24.1 Å². The third-order valence-electron chi connectivity index (χ3n) is 4.02. The van der Waals surface area contributed by atoms with Crippen molar-refractivity contribution in [1.29, 1.82) is 0 Å². The van der Waals surface area contributed by atoms with Crippen LogP contribution in [0.2, 0.25) is 0 Å². The van der Waals surface area contributed by atoms with Gasteiger partial charge in [-0.1, -0.05) is 0 Å². The van der Waals surface area contributed by atoms with Crippen molar-refractivity contribution >= 4 is 17.5 Å². The molecule has 2 N–H and O–H groups in total. The number of hydrogen-bond acceptors (Lipinski definition) is 6. The van der Waals surface area contributed by atoms with Gasteiger partial charge in [-0.3, -0.25) is 4.98 Å². The second-order valence-corrected chi connectivity index (χ2v) is 6.10. The second kappa shape index (κ2) is 6.95. The molecule has 0 unspecified atom stereocenters. The van der Waals surface area contributed by atoms with Crippen LogP contribution in [0.15, 0.2) is 48.8 Å². The molecule has 0 saturated heterocycles. The van der Waals surface area contributed by atoms with Crippen LogP contribution in [-0.4, -0.2) is 28.1 Å². The lowest BCUT2D eigenvalue weighted by Crippen LogP contribution is -2.08. The number of hydrogen-bond donors (Lipinski definition) is 2. The Balaban J connectivity index is 1.66. The SMILES string of the molecule is COc1ccc(Nc2cc(-c3cccnc3)nc(NC3CC3)n2)cc1F. The fraction of sp³-hybridized carbons (Fsp3) is 0.211. The maximum absolute atomic E-state index is 13.9. The number of nitrogens with zero attached hydrogens (tertiary/aromatic N) is 3. The number of rotatable bonds is 6. The number of anilines is 3. The van der Waals surface area contributed by atoms with E-state index in [1.165, 1.54) is 13.2 Å². The highest BCUT2D eigenvalue weighted by Gasteiger charge is 2.22. The van der Waals surface area contributed by atoms with Gasteiger partial charge in [0.1, 0.15) is 5.82 Å². The van der Waals surface area contributed by atoms with Crippen LogP contribution < -0.4 is 15.4 Å². The van der Waals surface area contributed by atoms with Crippen molar-refractivity contribution in [3.63, 3.8) is 0 Å². The van der Waals surface area contributed by atoms with Crippen molar-refractivity contribution in [2.45, 2.75) is 18.9 Å². The number of methoxy groups -OCH3 is 1. The molecule has 0 spiro atoms. The van der Waals surface area contributed by atoms with Gasteiger partial charge in [-0.2, -0.15) is 4.98 Å². The Morgan fingerprint density at radius 3 is 2.73 bits per heavy atom. The summed E-state index contributed by atoms with van der Waals surface area (Å²) in [7, 11) is 1.44. The lowest BCUT2D eigenvalue weighted by atomic mass is 10.2. The van der Waals surface area contributed by atoms with Gasteiger partial charge in [-0.05, 0) is 37.1 Å². The van der Waals surface area contributed by atoms with E-state index in [1.807, 2.05) is 18.2 Å². The number of nitrogens with one attached hydrogen (secondary N) is 2. The average Bonchev–Trinajstić information content (AvgIpc) is 3.46. The van der Waals surface area contributed by atoms with E-state index in [-0.39, 0.29) is 5.75 Å². The molecular weight excluding hydrogens is 333 g/mol. The van der Waals surface area contributed by atoms with Crippen LogP contribution in [0.25, 0.3) is 11.3 Å². The lowest BCUT2D eigenvalue weighted by molar-refractivity contribution is 0.386. The highest BCUT2D eigenvalue weighted by Crippen LogP contribution is 2.28. The molecule has 132 valence electrons. The molecule has 0 aliphatic heterocycles. The predicted octanol–water partition coefficient (Wildman–Crippen LogP) is 4.00.